The molecule has 2 N–H and O–H groups in total. The van der Waals surface area contributed by atoms with Gasteiger partial charge in [0, 0.05) is 6.54 Å². The Morgan fingerprint density at radius 1 is 1.47 bits per heavy atom. The largest absolute Gasteiger partial charge is 0.330 e. The van der Waals surface area contributed by atoms with Gasteiger partial charge in [0.25, 0.3) is 5.56 Å². The first kappa shape index (κ1) is 12.0. The van der Waals surface area contributed by atoms with Crippen LogP contribution in [0.15, 0.2) is 23.0 Å². The minimum Gasteiger partial charge on any atom is -0.330 e. The van der Waals surface area contributed by atoms with Gasteiger partial charge in [-0.2, -0.15) is 0 Å². The van der Waals surface area contributed by atoms with Crippen molar-refractivity contribution in [3.63, 3.8) is 0 Å². The maximum Gasteiger partial charge on any atom is 0.262 e. The van der Waals surface area contributed by atoms with Crippen molar-refractivity contribution in [1.82, 2.24) is 9.55 Å². The van der Waals surface area contributed by atoms with Gasteiger partial charge in [-0.15, -0.1) is 0 Å². The van der Waals surface area contributed by atoms with Crippen LogP contribution in [0.25, 0.3) is 10.9 Å². The lowest BCUT2D eigenvalue weighted by atomic mass is 10.2. The Hall–Kier alpha value is -1.46. The first-order chi connectivity index (χ1) is 8.15. The third kappa shape index (κ3) is 2.16. The second-order valence-corrected chi connectivity index (χ2v) is 3.95. The van der Waals surface area contributed by atoms with Crippen molar-refractivity contribution in [1.29, 1.82) is 0 Å². The molecular formula is C11H11ClFN3O. The van der Waals surface area contributed by atoms with E-state index in [9.17, 15) is 9.18 Å². The van der Waals surface area contributed by atoms with Crippen LogP contribution in [0.5, 0.6) is 0 Å². The summed E-state index contributed by atoms with van der Waals surface area (Å²) in [5.41, 5.74) is 5.04. The van der Waals surface area contributed by atoms with E-state index in [1.165, 1.54) is 22.8 Å². The SMILES string of the molecule is NCCCn1c(Cl)nc2c(F)cccc2c1=O. The predicted molar refractivity (Wildman–Crippen MR) is 64.6 cm³/mol. The number of nitrogens with zero attached hydrogens (tertiary/aromatic N) is 2. The molecule has 0 atom stereocenters. The molecule has 0 radical (unpaired) electrons. The van der Waals surface area contributed by atoms with Gasteiger partial charge in [-0.05, 0) is 36.7 Å². The summed E-state index contributed by atoms with van der Waals surface area (Å²) < 4.78 is 14.7. The van der Waals surface area contributed by atoms with Crippen LogP contribution < -0.4 is 11.3 Å². The Morgan fingerprint density at radius 3 is 2.94 bits per heavy atom. The van der Waals surface area contributed by atoms with E-state index in [1.54, 1.807) is 0 Å². The minimum absolute atomic E-state index is 0.00602. The van der Waals surface area contributed by atoms with Crippen LogP contribution in [0.4, 0.5) is 4.39 Å². The summed E-state index contributed by atoms with van der Waals surface area (Å²) in [4.78, 5) is 15.9. The van der Waals surface area contributed by atoms with Gasteiger partial charge in [0.15, 0.2) is 0 Å². The number of halogens is 2. The Labute approximate surface area is 102 Å². The summed E-state index contributed by atoms with van der Waals surface area (Å²) in [6, 6.07) is 4.25. The fourth-order valence-electron chi connectivity index (χ4n) is 1.63. The minimum atomic E-state index is -0.549. The standard InChI is InChI=1S/C11H11ClFN3O/c12-11-15-9-7(3-1-4-8(9)13)10(17)16(11)6-2-5-14/h1,3-4H,2,5-6,14H2. The molecular weight excluding hydrogens is 245 g/mol. The summed E-state index contributed by atoms with van der Waals surface area (Å²) in [5.74, 6) is -0.549. The lowest BCUT2D eigenvalue weighted by Gasteiger charge is -2.08. The molecule has 0 fully saturated rings. The Bertz CT molecular complexity index is 611. The summed E-state index contributed by atoms with van der Waals surface area (Å²) in [6.45, 7) is 0.831. The first-order valence-corrected chi connectivity index (χ1v) is 5.57. The number of fused-ring (bicyclic) bond motifs is 1. The zero-order chi connectivity index (χ0) is 12.4. The molecule has 17 heavy (non-hydrogen) atoms. The average Bonchev–Trinajstić information content (AvgIpc) is 2.31. The highest BCUT2D eigenvalue weighted by molar-refractivity contribution is 6.28. The second-order valence-electron chi connectivity index (χ2n) is 3.62. The molecule has 0 spiro atoms. The molecule has 0 aliphatic heterocycles. The van der Waals surface area contributed by atoms with Crippen molar-refractivity contribution < 1.29 is 4.39 Å². The lowest BCUT2D eigenvalue weighted by Crippen LogP contribution is -2.23. The van der Waals surface area contributed by atoms with Crippen molar-refractivity contribution in [2.45, 2.75) is 13.0 Å². The van der Waals surface area contributed by atoms with E-state index < -0.39 is 5.82 Å². The van der Waals surface area contributed by atoms with Gasteiger partial charge >= 0.3 is 0 Å². The number of nitrogens with two attached hydrogens (primary N) is 1. The Morgan fingerprint density at radius 2 is 2.24 bits per heavy atom. The van der Waals surface area contributed by atoms with Crippen molar-refractivity contribution in [3.05, 3.63) is 39.7 Å². The summed E-state index contributed by atoms with van der Waals surface area (Å²) in [5, 5.41) is 0.215. The van der Waals surface area contributed by atoms with Crippen molar-refractivity contribution in [3.8, 4) is 0 Å². The van der Waals surface area contributed by atoms with E-state index in [4.69, 9.17) is 17.3 Å². The molecule has 1 aromatic heterocycles. The topological polar surface area (TPSA) is 60.9 Å². The Kier molecular flexibility index (Phi) is 3.40. The van der Waals surface area contributed by atoms with E-state index >= 15 is 0 Å². The maximum absolute atomic E-state index is 13.4. The van der Waals surface area contributed by atoms with E-state index in [-0.39, 0.29) is 21.7 Å². The molecule has 1 aromatic carbocycles. The van der Waals surface area contributed by atoms with Gasteiger partial charge in [-0.1, -0.05) is 6.07 Å². The molecule has 0 aliphatic rings. The van der Waals surface area contributed by atoms with Gasteiger partial charge in [-0.3, -0.25) is 9.36 Å². The van der Waals surface area contributed by atoms with Crippen LogP contribution in [0.3, 0.4) is 0 Å². The van der Waals surface area contributed by atoms with Crippen molar-refractivity contribution >= 4 is 22.5 Å². The van der Waals surface area contributed by atoms with Crippen LogP contribution in [0.1, 0.15) is 6.42 Å². The van der Waals surface area contributed by atoms with Gasteiger partial charge < -0.3 is 5.73 Å². The zero-order valence-electron chi connectivity index (χ0n) is 8.99. The van der Waals surface area contributed by atoms with Crippen LogP contribution in [0.2, 0.25) is 5.28 Å². The lowest BCUT2D eigenvalue weighted by molar-refractivity contribution is 0.616. The monoisotopic (exact) mass is 255 g/mol. The van der Waals surface area contributed by atoms with Crippen LogP contribution in [0, 0.1) is 5.82 Å². The molecule has 6 heteroatoms. The molecule has 1 heterocycles. The van der Waals surface area contributed by atoms with Crippen LogP contribution in [-0.2, 0) is 6.54 Å². The third-order valence-electron chi connectivity index (χ3n) is 2.47. The number of benzene rings is 1. The number of aromatic nitrogens is 2. The maximum atomic E-state index is 13.4. The predicted octanol–water partition coefficient (Wildman–Crippen LogP) is 1.54. The van der Waals surface area contributed by atoms with Crippen LogP contribution >= 0.6 is 11.6 Å². The highest BCUT2D eigenvalue weighted by atomic mass is 35.5. The molecule has 0 amide bonds. The van der Waals surface area contributed by atoms with Gasteiger partial charge in [-0.25, -0.2) is 9.37 Å². The molecule has 90 valence electrons. The molecule has 2 aromatic rings. The van der Waals surface area contributed by atoms with Gasteiger partial charge in [0.1, 0.15) is 11.3 Å². The molecule has 0 bridgehead atoms. The number of hydrogen-bond acceptors (Lipinski definition) is 3. The average molecular weight is 256 g/mol. The smallest absolute Gasteiger partial charge is 0.262 e. The fourth-order valence-corrected chi connectivity index (χ4v) is 1.87. The van der Waals surface area contributed by atoms with E-state index in [0.717, 1.165) is 0 Å². The number of rotatable bonds is 3. The first-order valence-electron chi connectivity index (χ1n) is 5.20. The molecule has 0 unspecified atom stereocenters. The van der Waals surface area contributed by atoms with E-state index in [2.05, 4.69) is 4.98 Å². The highest BCUT2D eigenvalue weighted by Crippen LogP contribution is 2.15. The summed E-state index contributed by atoms with van der Waals surface area (Å²) in [6.07, 6.45) is 0.613. The quantitative estimate of drug-likeness (QED) is 0.847. The number of para-hydroxylation sites is 1. The van der Waals surface area contributed by atoms with Crippen molar-refractivity contribution in [2.75, 3.05) is 6.54 Å². The number of hydrogen-bond donors (Lipinski definition) is 1. The molecule has 2 rings (SSSR count). The molecule has 0 saturated heterocycles. The van der Waals surface area contributed by atoms with Crippen LogP contribution in [-0.4, -0.2) is 16.1 Å². The summed E-state index contributed by atoms with van der Waals surface area (Å²) >= 11 is 5.86. The van der Waals surface area contributed by atoms with Gasteiger partial charge in [0.05, 0.1) is 5.39 Å². The fraction of sp³-hybridized carbons (Fsp3) is 0.273. The molecule has 0 aliphatic carbocycles. The van der Waals surface area contributed by atoms with E-state index in [1.807, 2.05) is 0 Å². The van der Waals surface area contributed by atoms with Gasteiger partial charge in [0.2, 0.25) is 5.28 Å². The Balaban J connectivity index is 2.68. The molecule has 4 nitrogen and oxygen atoms in total. The second kappa shape index (κ2) is 4.81. The highest BCUT2D eigenvalue weighted by Gasteiger charge is 2.11. The summed E-state index contributed by atoms with van der Waals surface area (Å²) in [7, 11) is 0. The normalized spacial score (nSPS) is 11.0. The molecule has 0 saturated carbocycles. The zero-order valence-corrected chi connectivity index (χ0v) is 9.75. The van der Waals surface area contributed by atoms with Crippen molar-refractivity contribution in [2.24, 2.45) is 5.73 Å². The third-order valence-corrected chi connectivity index (χ3v) is 2.76. The van der Waals surface area contributed by atoms with E-state index in [0.29, 0.717) is 19.5 Å².